The molecule has 5 heteroatoms. The smallest absolute Gasteiger partial charge is 0.303 e. The number of allylic oxidation sites excluding steroid dienone is 2. The number of aryl methyl sites for hydroxylation is 1. The maximum atomic E-state index is 13.3. The third-order valence-corrected chi connectivity index (χ3v) is 8.68. The largest absolute Gasteiger partial charge is 0.481 e. The van der Waals surface area contributed by atoms with E-state index in [2.05, 4.69) is 56.4 Å². The third-order valence-electron chi connectivity index (χ3n) is 7.71. The van der Waals surface area contributed by atoms with E-state index in [0.29, 0.717) is 18.3 Å². The van der Waals surface area contributed by atoms with E-state index in [9.17, 15) is 9.59 Å². The Morgan fingerprint density at radius 1 is 1.26 bits per heavy atom. The van der Waals surface area contributed by atoms with Crippen LogP contribution in [0.15, 0.2) is 35.7 Å². The Hall–Kier alpha value is -2.14. The summed E-state index contributed by atoms with van der Waals surface area (Å²) in [7, 11) is 0. The molecule has 1 heterocycles. The zero-order valence-corrected chi connectivity index (χ0v) is 19.5. The van der Waals surface area contributed by atoms with Gasteiger partial charge in [-0.15, -0.1) is 11.3 Å². The van der Waals surface area contributed by atoms with Gasteiger partial charge in [-0.05, 0) is 74.3 Å². The summed E-state index contributed by atoms with van der Waals surface area (Å²) in [6, 6.07) is 6.50. The molecule has 0 unspecified atom stereocenters. The SMILES string of the molecule is Cc1ccc2scc(C(=O)N[C@@H]3[C@@H](C/C=C\CCCC(=O)O)C[C@H]4C[C@@H]3C4(C)C)c2c1. The number of hydrogen-bond acceptors (Lipinski definition) is 3. The topological polar surface area (TPSA) is 66.4 Å². The lowest BCUT2D eigenvalue weighted by molar-refractivity contribution is -0.137. The average Bonchev–Trinajstić information content (AvgIpc) is 3.13. The lowest BCUT2D eigenvalue weighted by Gasteiger charge is -2.62. The van der Waals surface area contributed by atoms with E-state index in [1.807, 2.05) is 5.38 Å². The van der Waals surface area contributed by atoms with Crippen LogP contribution >= 0.6 is 11.3 Å². The molecule has 0 spiro atoms. The Balaban J connectivity index is 1.46. The Kier molecular flexibility index (Phi) is 6.25. The predicted octanol–water partition coefficient (Wildman–Crippen LogP) is 6.19. The van der Waals surface area contributed by atoms with Crippen molar-refractivity contribution >= 4 is 33.3 Å². The van der Waals surface area contributed by atoms with E-state index in [0.717, 1.165) is 40.8 Å². The summed E-state index contributed by atoms with van der Waals surface area (Å²) >= 11 is 1.63. The Morgan fingerprint density at radius 3 is 2.81 bits per heavy atom. The second kappa shape index (κ2) is 8.78. The number of unbranched alkanes of at least 4 members (excludes halogenated alkanes) is 1. The number of benzene rings is 1. The van der Waals surface area contributed by atoms with Gasteiger partial charge in [0.25, 0.3) is 5.91 Å². The number of hydrogen-bond donors (Lipinski definition) is 2. The lowest BCUT2D eigenvalue weighted by Crippen LogP contribution is -2.63. The number of carbonyl (C=O) groups excluding carboxylic acids is 1. The number of carboxylic acid groups (broad SMARTS) is 1. The van der Waals surface area contributed by atoms with Crippen molar-refractivity contribution in [2.75, 3.05) is 0 Å². The molecule has 3 saturated carbocycles. The first-order valence-electron chi connectivity index (χ1n) is 11.4. The van der Waals surface area contributed by atoms with Crippen LogP contribution < -0.4 is 5.32 Å². The second-order valence-corrected chi connectivity index (χ2v) is 10.9. The summed E-state index contributed by atoms with van der Waals surface area (Å²) in [5.41, 5.74) is 2.25. The molecule has 4 nitrogen and oxygen atoms in total. The van der Waals surface area contributed by atoms with Crippen LogP contribution in [0, 0.1) is 30.1 Å². The molecule has 3 fully saturated rings. The fourth-order valence-corrected chi connectivity index (χ4v) is 6.60. The van der Waals surface area contributed by atoms with Crippen LogP contribution in [0.5, 0.6) is 0 Å². The van der Waals surface area contributed by atoms with Crippen molar-refractivity contribution in [3.8, 4) is 0 Å². The summed E-state index contributed by atoms with van der Waals surface area (Å²) in [5.74, 6) is 1.02. The fraction of sp³-hybridized carbons (Fsp3) is 0.538. The first-order valence-corrected chi connectivity index (χ1v) is 12.3. The van der Waals surface area contributed by atoms with Crippen molar-refractivity contribution in [3.63, 3.8) is 0 Å². The van der Waals surface area contributed by atoms with Gasteiger partial charge in [-0.1, -0.05) is 37.6 Å². The maximum absolute atomic E-state index is 13.3. The first-order chi connectivity index (χ1) is 14.8. The van der Waals surface area contributed by atoms with Crippen molar-refractivity contribution in [1.82, 2.24) is 5.32 Å². The quantitative estimate of drug-likeness (QED) is 0.381. The second-order valence-electron chi connectivity index (χ2n) is 10.00. The Bertz CT molecular complexity index is 1010. The highest BCUT2D eigenvalue weighted by Gasteiger charge is 2.57. The summed E-state index contributed by atoms with van der Waals surface area (Å²) in [5, 5.41) is 15.3. The van der Waals surface area contributed by atoms with Crippen LogP contribution in [-0.4, -0.2) is 23.0 Å². The normalized spacial score (nSPS) is 26.7. The van der Waals surface area contributed by atoms with Gasteiger partial charge in [-0.3, -0.25) is 9.59 Å². The zero-order chi connectivity index (χ0) is 22.2. The monoisotopic (exact) mass is 439 g/mol. The highest BCUT2D eigenvalue weighted by atomic mass is 32.1. The number of aliphatic carboxylic acids is 1. The predicted molar refractivity (Wildman–Crippen MR) is 127 cm³/mol. The molecule has 2 aromatic rings. The van der Waals surface area contributed by atoms with Crippen LogP contribution in [0.4, 0.5) is 0 Å². The first kappa shape index (κ1) is 22.1. The van der Waals surface area contributed by atoms with Gasteiger partial charge in [0.1, 0.15) is 0 Å². The van der Waals surface area contributed by atoms with Gasteiger partial charge >= 0.3 is 5.97 Å². The van der Waals surface area contributed by atoms with Gasteiger partial charge in [0.2, 0.25) is 0 Å². The molecule has 3 aliphatic rings. The van der Waals surface area contributed by atoms with E-state index in [1.54, 1.807) is 11.3 Å². The van der Waals surface area contributed by atoms with Gasteiger partial charge in [0.15, 0.2) is 0 Å². The molecule has 0 saturated heterocycles. The van der Waals surface area contributed by atoms with Crippen LogP contribution in [0.1, 0.15) is 68.3 Å². The van der Waals surface area contributed by atoms with Crippen LogP contribution in [0.2, 0.25) is 0 Å². The van der Waals surface area contributed by atoms with Crippen molar-refractivity contribution in [2.45, 2.75) is 65.3 Å². The highest BCUT2D eigenvalue weighted by molar-refractivity contribution is 7.17. The van der Waals surface area contributed by atoms with Gasteiger partial charge in [0, 0.05) is 27.9 Å². The third kappa shape index (κ3) is 4.43. The minimum atomic E-state index is -0.734. The molecule has 3 aliphatic carbocycles. The van der Waals surface area contributed by atoms with E-state index >= 15 is 0 Å². The molecular weight excluding hydrogens is 406 g/mol. The van der Waals surface area contributed by atoms with Crippen LogP contribution in [0.3, 0.4) is 0 Å². The summed E-state index contributed by atoms with van der Waals surface area (Å²) in [6.45, 7) is 6.77. The van der Waals surface area contributed by atoms with E-state index in [-0.39, 0.29) is 23.8 Å². The van der Waals surface area contributed by atoms with Gasteiger partial charge in [0.05, 0.1) is 5.56 Å². The number of thiophene rings is 1. The molecule has 2 bridgehead atoms. The maximum Gasteiger partial charge on any atom is 0.303 e. The molecule has 0 aliphatic heterocycles. The van der Waals surface area contributed by atoms with Crippen molar-refractivity contribution in [3.05, 3.63) is 46.9 Å². The van der Waals surface area contributed by atoms with Gasteiger partial charge < -0.3 is 10.4 Å². The minimum Gasteiger partial charge on any atom is -0.481 e. The van der Waals surface area contributed by atoms with Gasteiger partial charge in [-0.2, -0.15) is 0 Å². The van der Waals surface area contributed by atoms with Crippen molar-refractivity contribution < 1.29 is 14.7 Å². The molecule has 1 amide bonds. The highest BCUT2D eigenvalue weighted by Crippen LogP contribution is 2.61. The molecule has 4 atom stereocenters. The molecule has 1 aromatic heterocycles. The summed E-state index contributed by atoms with van der Waals surface area (Å²) in [4.78, 5) is 24.0. The number of fused-ring (bicyclic) bond motifs is 3. The molecule has 1 aromatic carbocycles. The fourth-order valence-electron chi connectivity index (χ4n) is 5.68. The molecule has 0 radical (unpaired) electrons. The van der Waals surface area contributed by atoms with Crippen LogP contribution in [0.25, 0.3) is 10.1 Å². The Morgan fingerprint density at radius 2 is 2.06 bits per heavy atom. The van der Waals surface area contributed by atoms with Crippen molar-refractivity contribution in [2.24, 2.45) is 23.2 Å². The Labute approximate surface area is 188 Å². The zero-order valence-electron chi connectivity index (χ0n) is 18.7. The molecule has 2 N–H and O–H groups in total. The molecule has 31 heavy (non-hydrogen) atoms. The lowest BCUT2D eigenvalue weighted by atomic mass is 9.44. The van der Waals surface area contributed by atoms with E-state index < -0.39 is 5.97 Å². The number of amides is 1. The standard InChI is InChI=1S/C26H33NO3S/c1-16-10-11-22-19(12-16)20(15-31-22)25(30)27-24-17(8-6-4-5-7-9-23(28)29)13-18-14-21(24)26(18,2)3/h4,6,10-12,15,17-18,21,24H,5,7-9,13-14H2,1-3H3,(H,27,30)(H,28,29)/b6-4-/t17-,18-,21-,24+/m0/s1. The summed E-state index contributed by atoms with van der Waals surface area (Å²) in [6.07, 6.45) is 9.32. The number of nitrogens with one attached hydrogen (secondary N) is 1. The molecular formula is C26H33NO3S. The summed E-state index contributed by atoms with van der Waals surface area (Å²) < 4.78 is 1.16. The number of carbonyl (C=O) groups is 2. The molecule has 166 valence electrons. The van der Waals surface area contributed by atoms with Crippen molar-refractivity contribution in [1.29, 1.82) is 0 Å². The number of carboxylic acids is 1. The van der Waals surface area contributed by atoms with E-state index in [4.69, 9.17) is 5.11 Å². The van der Waals surface area contributed by atoms with Crippen LogP contribution in [-0.2, 0) is 4.79 Å². The van der Waals surface area contributed by atoms with Gasteiger partial charge in [-0.25, -0.2) is 0 Å². The average molecular weight is 440 g/mol. The minimum absolute atomic E-state index is 0.0541. The number of rotatable bonds is 8. The molecule has 5 rings (SSSR count). The van der Waals surface area contributed by atoms with E-state index in [1.165, 1.54) is 12.0 Å².